The number of carbonyl (C=O) groups excluding carboxylic acids is 1. The van der Waals surface area contributed by atoms with Crippen LogP contribution in [-0.2, 0) is 0 Å². The summed E-state index contributed by atoms with van der Waals surface area (Å²) in [5.74, 6) is 0.0800. The molecular weight excluding hydrogens is 204 g/mol. The highest BCUT2D eigenvalue weighted by atomic mass is 16.3. The van der Waals surface area contributed by atoms with Crippen LogP contribution in [0.25, 0.3) is 0 Å². The number of carbonyl (C=O) groups is 1. The monoisotopic (exact) mass is 222 g/mol. The molecule has 88 valence electrons. The summed E-state index contributed by atoms with van der Waals surface area (Å²) >= 11 is 0. The van der Waals surface area contributed by atoms with Crippen molar-refractivity contribution in [2.45, 2.75) is 25.8 Å². The van der Waals surface area contributed by atoms with Gasteiger partial charge >= 0.3 is 0 Å². The largest absolute Gasteiger partial charge is 0.472 e. The maximum absolute atomic E-state index is 12.0. The third-order valence-electron chi connectivity index (χ3n) is 2.97. The van der Waals surface area contributed by atoms with Crippen molar-refractivity contribution in [3.05, 3.63) is 24.2 Å². The molecule has 1 N–H and O–H groups in total. The van der Waals surface area contributed by atoms with Crippen LogP contribution in [0.5, 0.6) is 0 Å². The average Bonchev–Trinajstić information content (AvgIpc) is 2.82. The van der Waals surface area contributed by atoms with Gasteiger partial charge in [0.05, 0.1) is 11.8 Å². The number of rotatable bonds is 3. The number of nitrogens with one attached hydrogen (secondary N) is 1. The molecule has 4 heteroatoms. The lowest BCUT2D eigenvalue weighted by molar-refractivity contribution is 0.0695. The van der Waals surface area contributed by atoms with Crippen LogP contribution in [0, 0.1) is 0 Å². The predicted octanol–water partition coefficient (Wildman–Crippen LogP) is 1.49. The molecule has 0 saturated carbocycles. The number of amides is 1. The first-order valence-electron chi connectivity index (χ1n) is 5.86. The SMILES string of the molecule is CCNC1CCCN(C(=O)c2ccoc2)C1. The highest BCUT2D eigenvalue weighted by molar-refractivity contribution is 5.93. The van der Waals surface area contributed by atoms with Crippen LogP contribution in [0.15, 0.2) is 23.0 Å². The fourth-order valence-electron chi connectivity index (χ4n) is 2.19. The predicted molar refractivity (Wildman–Crippen MR) is 61.3 cm³/mol. The Morgan fingerprint density at radius 1 is 1.69 bits per heavy atom. The molecule has 1 fully saturated rings. The van der Waals surface area contributed by atoms with Crippen molar-refractivity contribution in [1.29, 1.82) is 0 Å². The number of piperidine rings is 1. The Kier molecular flexibility index (Phi) is 3.62. The molecule has 1 saturated heterocycles. The summed E-state index contributed by atoms with van der Waals surface area (Å²) in [7, 11) is 0. The third-order valence-corrected chi connectivity index (χ3v) is 2.97. The second kappa shape index (κ2) is 5.16. The molecule has 2 rings (SSSR count). The molecule has 4 nitrogen and oxygen atoms in total. The molecule has 16 heavy (non-hydrogen) atoms. The van der Waals surface area contributed by atoms with Gasteiger partial charge in [-0.05, 0) is 25.5 Å². The van der Waals surface area contributed by atoms with Gasteiger partial charge in [0.15, 0.2) is 0 Å². The van der Waals surface area contributed by atoms with Crippen molar-refractivity contribution in [2.24, 2.45) is 0 Å². The standard InChI is InChI=1S/C12H18N2O2/c1-2-13-11-4-3-6-14(8-11)12(15)10-5-7-16-9-10/h5,7,9,11,13H,2-4,6,8H2,1H3. The van der Waals surface area contributed by atoms with Gasteiger partial charge in [-0.3, -0.25) is 4.79 Å². The van der Waals surface area contributed by atoms with Crippen molar-refractivity contribution < 1.29 is 9.21 Å². The minimum absolute atomic E-state index is 0.0800. The summed E-state index contributed by atoms with van der Waals surface area (Å²) < 4.78 is 4.94. The fraction of sp³-hybridized carbons (Fsp3) is 0.583. The molecular formula is C12H18N2O2. The lowest BCUT2D eigenvalue weighted by Gasteiger charge is -2.32. The van der Waals surface area contributed by atoms with E-state index in [0.29, 0.717) is 11.6 Å². The first kappa shape index (κ1) is 11.2. The lowest BCUT2D eigenvalue weighted by Crippen LogP contribution is -2.47. The molecule has 0 aromatic carbocycles. The second-order valence-corrected chi connectivity index (χ2v) is 4.16. The normalized spacial score (nSPS) is 21.1. The Morgan fingerprint density at radius 3 is 3.25 bits per heavy atom. The minimum atomic E-state index is 0.0800. The molecule has 0 spiro atoms. The van der Waals surface area contributed by atoms with Crippen LogP contribution < -0.4 is 5.32 Å². The van der Waals surface area contributed by atoms with Gasteiger partial charge in [-0.1, -0.05) is 6.92 Å². The van der Waals surface area contributed by atoms with Gasteiger partial charge in [0.1, 0.15) is 6.26 Å². The molecule has 1 amide bonds. The summed E-state index contributed by atoms with van der Waals surface area (Å²) in [5.41, 5.74) is 0.650. The highest BCUT2D eigenvalue weighted by Gasteiger charge is 2.24. The maximum atomic E-state index is 12.0. The number of nitrogens with zero attached hydrogens (tertiary/aromatic N) is 1. The summed E-state index contributed by atoms with van der Waals surface area (Å²) in [6.07, 6.45) is 5.28. The number of likely N-dealkylation sites (tertiary alicyclic amines) is 1. The molecule has 0 radical (unpaired) electrons. The molecule has 0 bridgehead atoms. The summed E-state index contributed by atoms with van der Waals surface area (Å²) in [6, 6.07) is 2.16. The Bertz CT molecular complexity index is 333. The average molecular weight is 222 g/mol. The van der Waals surface area contributed by atoms with Crippen molar-refractivity contribution >= 4 is 5.91 Å². The van der Waals surface area contributed by atoms with E-state index < -0.39 is 0 Å². The van der Waals surface area contributed by atoms with E-state index in [1.54, 1.807) is 12.3 Å². The Labute approximate surface area is 95.6 Å². The quantitative estimate of drug-likeness (QED) is 0.842. The Hall–Kier alpha value is -1.29. The number of hydrogen-bond donors (Lipinski definition) is 1. The zero-order valence-electron chi connectivity index (χ0n) is 9.61. The summed E-state index contributed by atoms with van der Waals surface area (Å²) in [5, 5.41) is 3.40. The maximum Gasteiger partial charge on any atom is 0.257 e. The molecule has 1 aliphatic rings. The molecule has 1 aliphatic heterocycles. The smallest absolute Gasteiger partial charge is 0.257 e. The van der Waals surface area contributed by atoms with E-state index in [0.717, 1.165) is 32.5 Å². The van der Waals surface area contributed by atoms with Crippen molar-refractivity contribution in [1.82, 2.24) is 10.2 Å². The highest BCUT2D eigenvalue weighted by Crippen LogP contribution is 2.14. The lowest BCUT2D eigenvalue weighted by atomic mass is 10.1. The molecule has 1 unspecified atom stereocenters. The molecule has 0 aliphatic carbocycles. The summed E-state index contributed by atoms with van der Waals surface area (Å²) in [6.45, 7) is 4.71. The molecule has 1 aromatic heterocycles. The van der Waals surface area contributed by atoms with Crippen molar-refractivity contribution in [3.8, 4) is 0 Å². The first-order chi connectivity index (χ1) is 7.81. The number of hydrogen-bond acceptors (Lipinski definition) is 3. The topological polar surface area (TPSA) is 45.5 Å². The Balaban J connectivity index is 1.96. The first-order valence-corrected chi connectivity index (χ1v) is 5.86. The molecule has 1 atom stereocenters. The number of furan rings is 1. The third kappa shape index (κ3) is 2.44. The van der Waals surface area contributed by atoms with Gasteiger partial charge in [0, 0.05) is 19.1 Å². The van der Waals surface area contributed by atoms with Gasteiger partial charge in [0.25, 0.3) is 5.91 Å². The molecule has 1 aromatic rings. The minimum Gasteiger partial charge on any atom is -0.472 e. The van der Waals surface area contributed by atoms with Gasteiger partial charge < -0.3 is 14.6 Å². The van der Waals surface area contributed by atoms with Crippen LogP contribution in [0.1, 0.15) is 30.1 Å². The van der Waals surface area contributed by atoms with E-state index in [9.17, 15) is 4.79 Å². The van der Waals surface area contributed by atoms with Crippen molar-refractivity contribution in [2.75, 3.05) is 19.6 Å². The zero-order valence-corrected chi connectivity index (χ0v) is 9.61. The number of likely N-dealkylation sites (N-methyl/N-ethyl adjacent to an activating group) is 1. The summed E-state index contributed by atoms with van der Waals surface area (Å²) in [4.78, 5) is 14.0. The Morgan fingerprint density at radius 2 is 2.56 bits per heavy atom. The van der Waals surface area contributed by atoms with E-state index >= 15 is 0 Å². The second-order valence-electron chi connectivity index (χ2n) is 4.16. The molecule has 2 heterocycles. The van der Waals surface area contributed by atoms with Crippen LogP contribution >= 0.6 is 0 Å². The van der Waals surface area contributed by atoms with E-state index in [1.807, 2.05) is 4.90 Å². The van der Waals surface area contributed by atoms with E-state index in [2.05, 4.69) is 12.2 Å². The van der Waals surface area contributed by atoms with E-state index in [4.69, 9.17) is 4.42 Å². The van der Waals surface area contributed by atoms with Crippen LogP contribution in [0.2, 0.25) is 0 Å². The fourth-order valence-corrected chi connectivity index (χ4v) is 2.19. The van der Waals surface area contributed by atoms with E-state index in [1.165, 1.54) is 6.26 Å². The van der Waals surface area contributed by atoms with Gasteiger partial charge in [-0.15, -0.1) is 0 Å². The van der Waals surface area contributed by atoms with Gasteiger partial charge in [-0.2, -0.15) is 0 Å². The van der Waals surface area contributed by atoms with Gasteiger partial charge in [-0.25, -0.2) is 0 Å². The van der Waals surface area contributed by atoms with Crippen LogP contribution in [-0.4, -0.2) is 36.5 Å². The van der Waals surface area contributed by atoms with Gasteiger partial charge in [0.2, 0.25) is 0 Å². The van der Waals surface area contributed by atoms with Crippen LogP contribution in [0.4, 0.5) is 0 Å². The van der Waals surface area contributed by atoms with E-state index in [-0.39, 0.29) is 5.91 Å². The van der Waals surface area contributed by atoms with Crippen LogP contribution in [0.3, 0.4) is 0 Å². The zero-order chi connectivity index (χ0) is 11.4. The van der Waals surface area contributed by atoms with Crippen molar-refractivity contribution in [3.63, 3.8) is 0 Å².